The van der Waals surface area contributed by atoms with Gasteiger partial charge in [-0.05, 0) is 44.5 Å². The zero-order chi connectivity index (χ0) is 19.0. The summed E-state index contributed by atoms with van der Waals surface area (Å²) in [6.45, 7) is 4.91. The van der Waals surface area contributed by atoms with Crippen LogP contribution in [0.4, 0.5) is 5.69 Å². The van der Waals surface area contributed by atoms with Gasteiger partial charge in [-0.2, -0.15) is 0 Å². The maximum atomic E-state index is 12.5. The van der Waals surface area contributed by atoms with Crippen molar-refractivity contribution in [3.05, 3.63) is 60.2 Å². The second-order valence-corrected chi connectivity index (χ2v) is 7.68. The van der Waals surface area contributed by atoms with Crippen LogP contribution in [0.3, 0.4) is 0 Å². The molecule has 0 radical (unpaired) electrons. The van der Waals surface area contributed by atoms with Crippen molar-refractivity contribution in [2.75, 3.05) is 17.9 Å². The van der Waals surface area contributed by atoms with Crippen molar-refractivity contribution >= 4 is 21.6 Å². The smallest absolute Gasteiger partial charge is 0.261 e. The summed E-state index contributed by atoms with van der Waals surface area (Å²) in [5.74, 6) is -0.332. The van der Waals surface area contributed by atoms with Crippen LogP contribution in [0.1, 0.15) is 30.6 Å². The topological polar surface area (TPSA) is 84.5 Å². The van der Waals surface area contributed by atoms with Gasteiger partial charge in [-0.1, -0.05) is 30.3 Å². The molecule has 2 N–H and O–H groups in total. The number of rotatable bonds is 9. The summed E-state index contributed by atoms with van der Waals surface area (Å²) in [5.41, 5.74) is 0.518. The van der Waals surface area contributed by atoms with Crippen LogP contribution in [0, 0.1) is 0 Å². The zero-order valence-electron chi connectivity index (χ0n) is 14.9. The third kappa shape index (κ3) is 5.86. The highest BCUT2D eigenvalue weighted by Crippen LogP contribution is 2.20. The lowest BCUT2D eigenvalue weighted by molar-refractivity contribution is 0.0757. The highest BCUT2D eigenvalue weighted by molar-refractivity contribution is 7.92. The number of amides is 1. The van der Waals surface area contributed by atoms with Crippen LogP contribution in [0.25, 0.3) is 0 Å². The molecule has 0 atom stereocenters. The third-order valence-electron chi connectivity index (χ3n) is 3.53. The van der Waals surface area contributed by atoms with Crippen molar-refractivity contribution in [3.8, 4) is 0 Å². The van der Waals surface area contributed by atoms with E-state index in [2.05, 4.69) is 10.0 Å². The Kier molecular flexibility index (Phi) is 7.17. The number of ether oxygens (including phenoxy) is 1. The maximum Gasteiger partial charge on any atom is 0.261 e. The largest absolute Gasteiger partial charge is 0.379 e. The van der Waals surface area contributed by atoms with Crippen LogP contribution in [-0.2, 0) is 14.8 Å². The molecule has 0 unspecified atom stereocenters. The first-order valence-electron chi connectivity index (χ1n) is 8.47. The molecule has 0 aliphatic rings. The van der Waals surface area contributed by atoms with E-state index >= 15 is 0 Å². The number of nitrogens with one attached hydrogen (secondary N) is 2. The molecule has 1 amide bonds. The molecule has 2 rings (SSSR count). The van der Waals surface area contributed by atoms with Crippen molar-refractivity contribution in [2.45, 2.75) is 31.3 Å². The SMILES string of the molecule is CC(C)OCCCNC(=O)c1ccccc1NS(=O)(=O)c1ccccc1. The number of para-hydroxylation sites is 1. The molecule has 0 aromatic heterocycles. The average Bonchev–Trinajstić information content (AvgIpc) is 2.62. The Morgan fingerprint density at radius 2 is 1.69 bits per heavy atom. The Morgan fingerprint density at radius 1 is 1.04 bits per heavy atom. The van der Waals surface area contributed by atoms with E-state index in [-0.39, 0.29) is 28.2 Å². The summed E-state index contributed by atoms with van der Waals surface area (Å²) in [4.78, 5) is 12.5. The molecule has 0 heterocycles. The van der Waals surface area contributed by atoms with Crippen LogP contribution in [0.2, 0.25) is 0 Å². The van der Waals surface area contributed by atoms with Gasteiger partial charge in [-0.3, -0.25) is 9.52 Å². The average molecular weight is 376 g/mol. The van der Waals surface area contributed by atoms with Gasteiger partial charge in [0.05, 0.1) is 22.3 Å². The first kappa shape index (κ1) is 19.9. The third-order valence-corrected chi connectivity index (χ3v) is 4.91. The number of benzene rings is 2. The normalized spacial score (nSPS) is 11.3. The summed E-state index contributed by atoms with van der Waals surface area (Å²) in [6, 6.07) is 14.6. The van der Waals surface area contributed by atoms with Gasteiger partial charge in [0.25, 0.3) is 15.9 Å². The Bertz CT molecular complexity index is 820. The summed E-state index contributed by atoms with van der Waals surface area (Å²) in [5, 5.41) is 2.78. The monoisotopic (exact) mass is 376 g/mol. The van der Waals surface area contributed by atoms with E-state index in [4.69, 9.17) is 4.74 Å². The molecule has 6 nitrogen and oxygen atoms in total. The molecule has 0 spiro atoms. The number of hydrogen-bond donors (Lipinski definition) is 2. The van der Waals surface area contributed by atoms with Gasteiger partial charge in [-0.15, -0.1) is 0 Å². The van der Waals surface area contributed by atoms with Crippen molar-refractivity contribution in [2.24, 2.45) is 0 Å². The van der Waals surface area contributed by atoms with Crippen molar-refractivity contribution in [3.63, 3.8) is 0 Å². The van der Waals surface area contributed by atoms with Crippen molar-refractivity contribution < 1.29 is 17.9 Å². The van der Waals surface area contributed by atoms with E-state index in [0.29, 0.717) is 19.6 Å². The van der Waals surface area contributed by atoms with Crippen molar-refractivity contribution in [1.82, 2.24) is 5.32 Å². The lowest BCUT2D eigenvalue weighted by Crippen LogP contribution is -2.27. The number of hydrogen-bond acceptors (Lipinski definition) is 4. The fourth-order valence-electron chi connectivity index (χ4n) is 2.26. The molecule has 0 saturated heterocycles. The molecule has 0 aliphatic carbocycles. The zero-order valence-corrected chi connectivity index (χ0v) is 15.8. The van der Waals surface area contributed by atoms with Gasteiger partial charge in [0.2, 0.25) is 0 Å². The Labute approximate surface area is 154 Å². The van der Waals surface area contributed by atoms with Gasteiger partial charge in [0, 0.05) is 13.2 Å². The van der Waals surface area contributed by atoms with Crippen LogP contribution in [0.15, 0.2) is 59.5 Å². The molecule has 0 fully saturated rings. The summed E-state index contributed by atoms with van der Waals surface area (Å²) >= 11 is 0. The van der Waals surface area contributed by atoms with Gasteiger partial charge in [0.15, 0.2) is 0 Å². The lowest BCUT2D eigenvalue weighted by Gasteiger charge is -2.13. The van der Waals surface area contributed by atoms with E-state index in [1.807, 2.05) is 13.8 Å². The predicted octanol–water partition coefficient (Wildman–Crippen LogP) is 3.03. The van der Waals surface area contributed by atoms with Crippen molar-refractivity contribution in [1.29, 1.82) is 0 Å². The minimum absolute atomic E-state index is 0.140. The Morgan fingerprint density at radius 3 is 2.38 bits per heavy atom. The Hall–Kier alpha value is -2.38. The molecular weight excluding hydrogens is 352 g/mol. The molecule has 0 aliphatic heterocycles. The molecule has 2 aromatic rings. The van der Waals surface area contributed by atoms with Gasteiger partial charge < -0.3 is 10.1 Å². The van der Waals surface area contributed by atoms with Crippen LogP contribution < -0.4 is 10.0 Å². The van der Waals surface area contributed by atoms with E-state index in [9.17, 15) is 13.2 Å². The molecule has 140 valence electrons. The van der Waals surface area contributed by atoms with E-state index in [0.717, 1.165) is 0 Å². The minimum Gasteiger partial charge on any atom is -0.379 e. The first-order chi connectivity index (χ1) is 12.4. The highest BCUT2D eigenvalue weighted by Gasteiger charge is 2.18. The summed E-state index contributed by atoms with van der Waals surface area (Å²) in [6.07, 6.45) is 0.834. The van der Waals surface area contributed by atoms with E-state index < -0.39 is 10.0 Å². The number of carbonyl (C=O) groups excluding carboxylic acids is 1. The standard InChI is InChI=1S/C19H24N2O4S/c1-15(2)25-14-8-13-20-19(22)17-11-6-7-12-18(17)21-26(23,24)16-9-4-3-5-10-16/h3-7,9-12,15,21H,8,13-14H2,1-2H3,(H,20,22). The lowest BCUT2D eigenvalue weighted by atomic mass is 10.1. The number of carbonyl (C=O) groups is 1. The quantitative estimate of drug-likeness (QED) is 0.659. The summed E-state index contributed by atoms with van der Waals surface area (Å²) in [7, 11) is -3.76. The Balaban J connectivity index is 2.04. The van der Waals surface area contributed by atoms with E-state index in [1.165, 1.54) is 12.1 Å². The minimum atomic E-state index is -3.76. The highest BCUT2D eigenvalue weighted by atomic mass is 32.2. The first-order valence-corrected chi connectivity index (χ1v) is 9.95. The maximum absolute atomic E-state index is 12.5. The molecule has 2 aromatic carbocycles. The molecule has 26 heavy (non-hydrogen) atoms. The number of anilines is 1. The molecule has 0 bridgehead atoms. The fraction of sp³-hybridized carbons (Fsp3) is 0.316. The molecular formula is C19H24N2O4S. The van der Waals surface area contributed by atoms with E-state index in [1.54, 1.807) is 42.5 Å². The molecule has 7 heteroatoms. The van der Waals surface area contributed by atoms with Crippen LogP contribution >= 0.6 is 0 Å². The second-order valence-electron chi connectivity index (χ2n) is 5.99. The van der Waals surface area contributed by atoms with Gasteiger partial charge in [0.1, 0.15) is 0 Å². The molecule has 0 saturated carbocycles. The van der Waals surface area contributed by atoms with Gasteiger partial charge in [-0.25, -0.2) is 8.42 Å². The van der Waals surface area contributed by atoms with Gasteiger partial charge >= 0.3 is 0 Å². The summed E-state index contributed by atoms with van der Waals surface area (Å²) < 4.78 is 32.9. The number of sulfonamides is 1. The van der Waals surface area contributed by atoms with Crippen LogP contribution in [-0.4, -0.2) is 33.6 Å². The second kappa shape index (κ2) is 9.35. The fourth-order valence-corrected chi connectivity index (χ4v) is 3.36. The predicted molar refractivity (Wildman–Crippen MR) is 102 cm³/mol. The van der Waals surface area contributed by atoms with Crippen LogP contribution in [0.5, 0.6) is 0 Å².